The second kappa shape index (κ2) is 4.83. The van der Waals surface area contributed by atoms with Crippen LogP contribution in [-0.4, -0.2) is 0 Å². The van der Waals surface area contributed by atoms with E-state index >= 15 is 0 Å². The van der Waals surface area contributed by atoms with Gasteiger partial charge in [-0.25, -0.2) is 4.57 Å². The van der Waals surface area contributed by atoms with Gasteiger partial charge in [-0.05, 0) is 12.0 Å². The van der Waals surface area contributed by atoms with Crippen molar-refractivity contribution in [2.24, 2.45) is 7.05 Å². The number of rotatable bonds is 2. The minimum Gasteiger partial charge on any atom is -1.00 e. The molecule has 0 radical (unpaired) electrons. The third-order valence-electron chi connectivity index (χ3n) is 1.59. The van der Waals surface area contributed by atoms with Gasteiger partial charge in [0.25, 0.3) is 0 Å². The van der Waals surface area contributed by atoms with Crippen LogP contribution < -0.4 is 9.27 Å². The van der Waals surface area contributed by atoms with Crippen LogP contribution in [0.3, 0.4) is 0 Å². The van der Waals surface area contributed by atoms with Crippen LogP contribution in [0.15, 0.2) is 24.5 Å². The summed E-state index contributed by atoms with van der Waals surface area (Å²) in [5.74, 6) is 0. The average Bonchev–Trinajstić information content (AvgIpc) is 1.95. The van der Waals surface area contributed by atoms with Gasteiger partial charge in [0.1, 0.15) is 7.05 Å². The molecule has 1 aromatic heterocycles. The first-order chi connectivity index (χ1) is 4.83. The maximum Gasteiger partial charge on any atom is 0.168 e. The summed E-state index contributed by atoms with van der Waals surface area (Å²) in [6, 6.07) is 4.34. The number of aromatic nitrogens is 1. The molecule has 0 atom stereocenters. The summed E-state index contributed by atoms with van der Waals surface area (Å²) in [5, 5.41) is 0. The van der Waals surface area contributed by atoms with E-state index in [0.29, 0.717) is 0 Å². The third-order valence-corrected chi connectivity index (χ3v) is 1.59. The summed E-state index contributed by atoms with van der Waals surface area (Å²) in [4.78, 5) is 0. The zero-order valence-corrected chi connectivity index (χ0v) is 7.05. The van der Waals surface area contributed by atoms with Gasteiger partial charge in [0.2, 0.25) is 0 Å². The highest BCUT2D eigenvalue weighted by molar-refractivity contribution is 5.06. The van der Waals surface area contributed by atoms with Gasteiger partial charge in [0, 0.05) is 12.1 Å². The van der Waals surface area contributed by atoms with E-state index in [4.69, 9.17) is 0 Å². The molecule has 11 heavy (non-hydrogen) atoms. The predicted octanol–water partition coefficient (Wildman–Crippen LogP) is -1.53. The SMILES string of the molecule is CCCc1cc[n+](C)cc1.[F-]. The van der Waals surface area contributed by atoms with E-state index in [1.807, 2.05) is 7.05 Å². The van der Waals surface area contributed by atoms with Crippen LogP contribution in [0, 0.1) is 0 Å². The van der Waals surface area contributed by atoms with Gasteiger partial charge in [0.15, 0.2) is 12.4 Å². The predicted molar refractivity (Wildman–Crippen MR) is 41.6 cm³/mol. The largest absolute Gasteiger partial charge is 1.00 e. The fourth-order valence-corrected chi connectivity index (χ4v) is 0.987. The van der Waals surface area contributed by atoms with Crippen molar-refractivity contribution in [3.63, 3.8) is 0 Å². The molecular weight excluding hydrogens is 141 g/mol. The summed E-state index contributed by atoms with van der Waals surface area (Å²) < 4.78 is 2.05. The monoisotopic (exact) mass is 155 g/mol. The second-order valence-electron chi connectivity index (χ2n) is 2.62. The van der Waals surface area contributed by atoms with Crippen molar-refractivity contribution in [1.29, 1.82) is 0 Å². The number of hydrogen-bond donors (Lipinski definition) is 0. The van der Waals surface area contributed by atoms with Gasteiger partial charge in [-0.3, -0.25) is 0 Å². The standard InChI is InChI=1S/C9H14N.FH/c1-3-4-9-5-7-10(2)8-6-9;/h5-8H,3-4H2,1-2H3;1H/q+1;/p-1. The number of hydrogen-bond acceptors (Lipinski definition) is 0. The average molecular weight is 155 g/mol. The van der Waals surface area contributed by atoms with Crippen LogP contribution >= 0.6 is 0 Å². The molecular formula is C9H14FN. The Bertz CT molecular complexity index is 193. The van der Waals surface area contributed by atoms with E-state index in [-0.39, 0.29) is 4.70 Å². The molecule has 0 spiro atoms. The van der Waals surface area contributed by atoms with Crippen LogP contribution in [0.4, 0.5) is 0 Å². The molecule has 2 heteroatoms. The van der Waals surface area contributed by atoms with E-state index in [1.165, 1.54) is 18.4 Å². The molecule has 0 saturated heterocycles. The van der Waals surface area contributed by atoms with E-state index in [0.717, 1.165) is 0 Å². The first kappa shape index (κ1) is 10.1. The van der Waals surface area contributed by atoms with E-state index in [1.54, 1.807) is 0 Å². The van der Waals surface area contributed by atoms with Crippen molar-refractivity contribution in [2.75, 3.05) is 0 Å². The Hall–Kier alpha value is -0.920. The molecule has 62 valence electrons. The van der Waals surface area contributed by atoms with Gasteiger partial charge in [-0.1, -0.05) is 13.3 Å². The highest BCUT2D eigenvalue weighted by atomic mass is 19.0. The molecule has 1 heterocycles. The normalized spacial score (nSPS) is 8.91. The number of halogens is 1. The topological polar surface area (TPSA) is 3.88 Å². The van der Waals surface area contributed by atoms with Crippen LogP contribution in [0.2, 0.25) is 0 Å². The summed E-state index contributed by atoms with van der Waals surface area (Å²) in [6.07, 6.45) is 6.60. The lowest BCUT2D eigenvalue weighted by molar-refractivity contribution is -0.671. The van der Waals surface area contributed by atoms with E-state index in [9.17, 15) is 0 Å². The molecule has 0 unspecified atom stereocenters. The van der Waals surface area contributed by atoms with E-state index < -0.39 is 0 Å². The zero-order valence-electron chi connectivity index (χ0n) is 7.05. The lowest BCUT2D eigenvalue weighted by Gasteiger charge is -1.93. The molecule has 0 fully saturated rings. The van der Waals surface area contributed by atoms with Crippen LogP contribution in [0.1, 0.15) is 18.9 Å². The summed E-state index contributed by atoms with van der Waals surface area (Å²) in [6.45, 7) is 2.20. The molecule has 0 saturated carbocycles. The summed E-state index contributed by atoms with van der Waals surface area (Å²) in [7, 11) is 2.04. The summed E-state index contributed by atoms with van der Waals surface area (Å²) in [5.41, 5.74) is 1.43. The van der Waals surface area contributed by atoms with Crippen molar-refractivity contribution in [1.82, 2.24) is 0 Å². The molecule has 1 rings (SSSR count). The Morgan fingerprint density at radius 1 is 1.27 bits per heavy atom. The number of nitrogens with zero attached hydrogens (tertiary/aromatic N) is 1. The van der Waals surface area contributed by atoms with Gasteiger partial charge in [-0.15, -0.1) is 0 Å². The Balaban J connectivity index is 0.000001000. The maximum absolute atomic E-state index is 2.20. The van der Waals surface area contributed by atoms with Crippen molar-refractivity contribution >= 4 is 0 Å². The molecule has 0 amide bonds. The highest BCUT2D eigenvalue weighted by Gasteiger charge is 1.92. The molecule has 1 nitrogen and oxygen atoms in total. The fourth-order valence-electron chi connectivity index (χ4n) is 0.987. The molecule has 0 aliphatic carbocycles. The third kappa shape index (κ3) is 3.12. The minimum absolute atomic E-state index is 0. The Kier molecular flexibility index (Phi) is 4.42. The lowest BCUT2D eigenvalue weighted by atomic mass is 10.2. The molecule has 0 bridgehead atoms. The van der Waals surface area contributed by atoms with Crippen molar-refractivity contribution < 1.29 is 9.27 Å². The molecule has 1 aromatic rings. The zero-order chi connectivity index (χ0) is 7.40. The Morgan fingerprint density at radius 2 is 1.82 bits per heavy atom. The van der Waals surface area contributed by atoms with Gasteiger partial charge in [-0.2, -0.15) is 0 Å². The van der Waals surface area contributed by atoms with Gasteiger partial charge in [0.05, 0.1) is 0 Å². The Labute approximate surface area is 67.0 Å². The minimum atomic E-state index is 0. The van der Waals surface area contributed by atoms with Crippen LogP contribution in [0.5, 0.6) is 0 Å². The van der Waals surface area contributed by atoms with Gasteiger partial charge < -0.3 is 4.70 Å². The van der Waals surface area contributed by atoms with Gasteiger partial charge >= 0.3 is 0 Å². The van der Waals surface area contributed by atoms with Crippen molar-refractivity contribution in [3.8, 4) is 0 Å². The molecule has 0 aliphatic heterocycles. The second-order valence-corrected chi connectivity index (χ2v) is 2.62. The number of aryl methyl sites for hydroxylation is 2. The number of pyridine rings is 1. The Morgan fingerprint density at radius 3 is 2.27 bits per heavy atom. The van der Waals surface area contributed by atoms with E-state index in [2.05, 4.69) is 36.0 Å². The fraction of sp³-hybridized carbons (Fsp3) is 0.444. The first-order valence-corrected chi connectivity index (χ1v) is 3.77. The smallest absolute Gasteiger partial charge is 0.168 e. The first-order valence-electron chi connectivity index (χ1n) is 3.77. The van der Waals surface area contributed by atoms with Crippen LogP contribution in [-0.2, 0) is 13.5 Å². The van der Waals surface area contributed by atoms with Crippen LogP contribution in [0.25, 0.3) is 0 Å². The maximum atomic E-state index is 2.20. The molecule has 0 aromatic carbocycles. The lowest BCUT2D eigenvalue weighted by Crippen LogP contribution is -3.00. The van der Waals surface area contributed by atoms with Crippen molar-refractivity contribution in [2.45, 2.75) is 19.8 Å². The summed E-state index contributed by atoms with van der Waals surface area (Å²) >= 11 is 0. The van der Waals surface area contributed by atoms with Crippen molar-refractivity contribution in [3.05, 3.63) is 30.1 Å². The molecule has 0 aliphatic rings. The molecule has 0 N–H and O–H groups in total. The highest BCUT2D eigenvalue weighted by Crippen LogP contribution is 1.97. The quantitative estimate of drug-likeness (QED) is 0.456.